The normalized spacial score (nSPS) is 12.5. The third kappa shape index (κ3) is 3.97. The van der Waals surface area contributed by atoms with Crippen molar-refractivity contribution < 1.29 is 18.7 Å². The number of ether oxygens (including phenoxy) is 1. The monoisotopic (exact) mass is 302 g/mol. The molecule has 0 aliphatic rings. The zero-order valence-corrected chi connectivity index (χ0v) is 13.3. The highest BCUT2D eigenvalue weighted by Gasteiger charge is 2.25. The lowest BCUT2D eigenvalue weighted by atomic mass is 10.0. The van der Waals surface area contributed by atoms with E-state index in [1.54, 1.807) is 12.1 Å². The van der Waals surface area contributed by atoms with Gasteiger partial charge in [-0.3, -0.25) is 4.79 Å². The topological polar surface area (TPSA) is 56.5 Å². The Morgan fingerprint density at radius 3 is 2.59 bits per heavy atom. The quantitative estimate of drug-likeness (QED) is 0.712. The van der Waals surface area contributed by atoms with Crippen LogP contribution in [0.15, 0.2) is 34.7 Å². The number of esters is 1. The van der Waals surface area contributed by atoms with Gasteiger partial charge in [0.05, 0.1) is 0 Å². The van der Waals surface area contributed by atoms with Crippen LogP contribution in [0.2, 0.25) is 0 Å². The molecule has 118 valence electrons. The molecule has 2 rings (SSSR count). The predicted molar refractivity (Wildman–Crippen MR) is 84.8 cm³/mol. The standard InChI is InChI=1S/C18H22O4/c1-4-7-14(19)16(10-12(2)3)22-18(20)17-11-13-8-5-6-9-15(13)21-17/h5-6,8-9,11-12,16H,4,7,10H2,1-3H3/t16-/m0/s1. The summed E-state index contributed by atoms with van der Waals surface area (Å²) in [6.45, 7) is 5.94. The molecule has 0 spiro atoms. The fraction of sp³-hybridized carbons (Fsp3) is 0.444. The summed E-state index contributed by atoms with van der Waals surface area (Å²) < 4.78 is 10.9. The molecule has 2 aromatic rings. The van der Waals surface area contributed by atoms with Gasteiger partial charge in [0.25, 0.3) is 0 Å². The van der Waals surface area contributed by atoms with Crippen LogP contribution in [-0.2, 0) is 9.53 Å². The first-order valence-electron chi connectivity index (χ1n) is 7.73. The predicted octanol–water partition coefficient (Wildman–Crippen LogP) is 4.37. The highest BCUT2D eigenvalue weighted by Crippen LogP contribution is 2.21. The number of benzene rings is 1. The molecule has 0 amide bonds. The first kappa shape index (κ1) is 16.3. The number of furan rings is 1. The van der Waals surface area contributed by atoms with Crippen LogP contribution >= 0.6 is 0 Å². The Morgan fingerprint density at radius 2 is 1.95 bits per heavy atom. The summed E-state index contributed by atoms with van der Waals surface area (Å²) >= 11 is 0. The largest absolute Gasteiger partial charge is 0.449 e. The summed E-state index contributed by atoms with van der Waals surface area (Å²) in [6, 6.07) is 9.02. The van der Waals surface area contributed by atoms with Crippen LogP contribution in [0.1, 0.15) is 50.6 Å². The fourth-order valence-electron chi connectivity index (χ4n) is 2.35. The van der Waals surface area contributed by atoms with Crippen LogP contribution in [0.4, 0.5) is 0 Å². The molecule has 0 bridgehead atoms. The molecular weight excluding hydrogens is 280 g/mol. The Hall–Kier alpha value is -2.10. The molecular formula is C18H22O4. The molecule has 0 fully saturated rings. The zero-order valence-electron chi connectivity index (χ0n) is 13.3. The van der Waals surface area contributed by atoms with Crippen molar-refractivity contribution in [3.8, 4) is 0 Å². The van der Waals surface area contributed by atoms with E-state index in [0.717, 1.165) is 11.8 Å². The second kappa shape index (κ2) is 7.25. The van der Waals surface area contributed by atoms with Gasteiger partial charge in [0, 0.05) is 11.8 Å². The number of fused-ring (bicyclic) bond motifs is 1. The molecule has 4 heteroatoms. The van der Waals surface area contributed by atoms with Crippen molar-refractivity contribution in [1.29, 1.82) is 0 Å². The Morgan fingerprint density at radius 1 is 1.23 bits per heavy atom. The lowest BCUT2D eigenvalue weighted by Crippen LogP contribution is -2.28. The van der Waals surface area contributed by atoms with Crippen LogP contribution in [0.5, 0.6) is 0 Å². The number of carbonyl (C=O) groups is 2. The Bertz CT molecular complexity index is 621. The lowest BCUT2D eigenvalue weighted by Gasteiger charge is -2.17. The highest BCUT2D eigenvalue weighted by molar-refractivity contribution is 5.94. The van der Waals surface area contributed by atoms with E-state index < -0.39 is 12.1 Å². The minimum absolute atomic E-state index is 0.0272. The van der Waals surface area contributed by atoms with Crippen molar-refractivity contribution in [2.24, 2.45) is 5.92 Å². The van der Waals surface area contributed by atoms with Gasteiger partial charge < -0.3 is 9.15 Å². The third-order valence-corrected chi connectivity index (χ3v) is 3.42. The first-order chi connectivity index (χ1) is 10.5. The molecule has 0 N–H and O–H groups in total. The molecule has 1 atom stereocenters. The van der Waals surface area contributed by atoms with Crippen molar-refractivity contribution >= 4 is 22.7 Å². The number of hydrogen-bond donors (Lipinski definition) is 0. The molecule has 0 radical (unpaired) electrons. The lowest BCUT2D eigenvalue weighted by molar-refractivity contribution is -0.128. The molecule has 0 saturated heterocycles. The summed E-state index contributed by atoms with van der Waals surface area (Å²) in [4.78, 5) is 24.4. The number of para-hydroxylation sites is 1. The van der Waals surface area contributed by atoms with E-state index >= 15 is 0 Å². The van der Waals surface area contributed by atoms with Gasteiger partial charge in [-0.25, -0.2) is 4.79 Å². The molecule has 0 unspecified atom stereocenters. The maximum Gasteiger partial charge on any atom is 0.374 e. The van der Waals surface area contributed by atoms with Crippen molar-refractivity contribution in [1.82, 2.24) is 0 Å². The maximum atomic E-state index is 12.2. The van der Waals surface area contributed by atoms with Crippen LogP contribution in [0.3, 0.4) is 0 Å². The van der Waals surface area contributed by atoms with Crippen LogP contribution in [0.25, 0.3) is 11.0 Å². The van der Waals surface area contributed by atoms with E-state index in [1.165, 1.54) is 0 Å². The average Bonchev–Trinajstić information content (AvgIpc) is 2.90. The molecule has 1 aromatic heterocycles. The summed E-state index contributed by atoms with van der Waals surface area (Å²) in [6.07, 6.45) is 1.01. The summed E-state index contributed by atoms with van der Waals surface area (Å²) in [5.41, 5.74) is 0.634. The first-order valence-corrected chi connectivity index (χ1v) is 7.73. The second-order valence-corrected chi connectivity index (χ2v) is 5.89. The SMILES string of the molecule is CCCC(=O)[C@H](CC(C)C)OC(=O)c1cc2ccccc2o1. The Kier molecular flexibility index (Phi) is 5.36. The van der Waals surface area contributed by atoms with Gasteiger partial charge in [-0.15, -0.1) is 0 Å². The van der Waals surface area contributed by atoms with Gasteiger partial charge in [-0.05, 0) is 30.9 Å². The van der Waals surface area contributed by atoms with Gasteiger partial charge in [0.1, 0.15) is 5.58 Å². The Labute approximate surface area is 130 Å². The number of Topliss-reactive ketones (excluding diaryl/α,β-unsaturated/α-hetero) is 1. The van der Waals surface area contributed by atoms with Gasteiger partial charge in [-0.1, -0.05) is 39.0 Å². The number of carbonyl (C=O) groups excluding carboxylic acids is 2. The third-order valence-electron chi connectivity index (χ3n) is 3.42. The molecule has 4 nitrogen and oxygen atoms in total. The highest BCUT2D eigenvalue weighted by atomic mass is 16.6. The Balaban J connectivity index is 2.14. The van der Waals surface area contributed by atoms with Crippen LogP contribution in [0, 0.1) is 5.92 Å². The smallest absolute Gasteiger partial charge is 0.374 e. The molecule has 1 heterocycles. The molecule has 0 saturated carbocycles. The van der Waals surface area contributed by atoms with E-state index in [0.29, 0.717) is 18.4 Å². The number of rotatable bonds is 7. The van der Waals surface area contributed by atoms with Crippen LogP contribution < -0.4 is 0 Å². The molecule has 1 aromatic carbocycles. The minimum atomic E-state index is -0.694. The van der Waals surface area contributed by atoms with E-state index in [2.05, 4.69) is 0 Å². The van der Waals surface area contributed by atoms with E-state index in [4.69, 9.17) is 9.15 Å². The average molecular weight is 302 g/mol. The van der Waals surface area contributed by atoms with Gasteiger partial charge >= 0.3 is 5.97 Å². The van der Waals surface area contributed by atoms with Gasteiger partial charge in [-0.2, -0.15) is 0 Å². The molecule has 22 heavy (non-hydrogen) atoms. The van der Waals surface area contributed by atoms with Crippen molar-refractivity contribution in [3.63, 3.8) is 0 Å². The van der Waals surface area contributed by atoms with Gasteiger partial charge in [0.15, 0.2) is 11.9 Å². The van der Waals surface area contributed by atoms with E-state index in [9.17, 15) is 9.59 Å². The van der Waals surface area contributed by atoms with Gasteiger partial charge in [0.2, 0.25) is 5.76 Å². The van der Waals surface area contributed by atoms with Crippen molar-refractivity contribution in [2.45, 2.75) is 46.1 Å². The summed E-state index contributed by atoms with van der Waals surface area (Å²) in [7, 11) is 0. The second-order valence-electron chi connectivity index (χ2n) is 5.89. The van der Waals surface area contributed by atoms with Crippen LogP contribution in [-0.4, -0.2) is 17.9 Å². The zero-order chi connectivity index (χ0) is 16.1. The van der Waals surface area contributed by atoms with Crippen molar-refractivity contribution in [3.05, 3.63) is 36.1 Å². The van der Waals surface area contributed by atoms with Crippen molar-refractivity contribution in [2.75, 3.05) is 0 Å². The fourth-order valence-corrected chi connectivity index (χ4v) is 2.35. The number of hydrogen-bond acceptors (Lipinski definition) is 4. The summed E-state index contributed by atoms with van der Waals surface area (Å²) in [5, 5.41) is 0.842. The maximum absolute atomic E-state index is 12.2. The van der Waals surface area contributed by atoms with E-state index in [1.807, 2.05) is 39.0 Å². The molecule has 0 aliphatic heterocycles. The molecule has 0 aliphatic carbocycles. The summed E-state index contributed by atoms with van der Waals surface area (Å²) in [5.74, 6) is -0.194. The number of ketones is 1. The minimum Gasteiger partial charge on any atom is -0.449 e. The van der Waals surface area contributed by atoms with E-state index in [-0.39, 0.29) is 17.5 Å².